The first kappa shape index (κ1) is 12.4. The lowest BCUT2D eigenvalue weighted by molar-refractivity contribution is 0.0250. The molecule has 1 aromatic heterocycles. The van der Waals surface area contributed by atoms with Crippen LogP contribution in [0.4, 0.5) is 0 Å². The smallest absolute Gasteiger partial charge is 0.267 e. The molecule has 0 bridgehead atoms. The highest BCUT2D eigenvalue weighted by Crippen LogP contribution is 2.27. The van der Waals surface area contributed by atoms with Crippen molar-refractivity contribution in [2.24, 2.45) is 5.92 Å². The number of rotatable bonds is 2. The van der Waals surface area contributed by atoms with Gasteiger partial charge in [0.2, 0.25) is 0 Å². The zero-order valence-electron chi connectivity index (χ0n) is 10.0. The lowest BCUT2D eigenvalue weighted by atomic mass is 9.96. The highest BCUT2D eigenvalue weighted by atomic mass is 32.1. The Morgan fingerprint density at radius 1 is 1.65 bits per heavy atom. The summed E-state index contributed by atoms with van der Waals surface area (Å²) in [6.07, 6.45) is 0.430. The van der Waals surface area contributed by atoms with E-state index in [4.69, 9.17) is 4.74 Å². The molecule has 1 aliphatic heterocycles. The Hall–Kier alpha value is -1.07. The van der Waals surface area contributed by atoms with Crippen molar-refractivity contribution >= 4 is 17.2 Å². The van der Waals surface area contributed by atoms with E-state index in [1.165, 1.54) is 11.3 Å². The fourth-order valence-electron chi connectivity index (χ4n) is 1.99. The van der Waals surface area contributed by atoms with Crippen LogP contribution in [0, 0.1) is 5.92 Å². The van der Waals surface area contributed by atoms with E-state index in [2.05, 4.69) is 0 Å². The topological polar surface area (TPSA) is 49.8 Å². The van der Waals surface area contributed by atoms with Crippen LogP contribution in [0.1, 0.15) is 23.0 Å². The van der Waals surface area contributed by atoms with Crippen molar-refractivity contribution in [2.45, 2.75) is 19.4 Å². The molecule has 1 amide bonds. The number of likely N-dealkylation sites (tertiary alicyclic amines) is 1. The number of nitrogens with zero attached hydrogens (tertiary/aromatic N) is 1. The van der Waals surface area contributed by atoms with Gasteiger partial charge in [-0.3, -0.25) is 4.79 Å². The second-order valence-electron chi connectivity index (χ2n) is 4.40. The van der Waals surface area contributed by atoms with Gasteiger partial charge in [0.1, 0.15) is 10.6 Å². The fraction of sp³-hybridized carbons (Fsp3) is 0.583. The van der Waals surface area contributed by atoms with E-state index in [0.717, 1.165) is 6.42 Å². The van der Waals surface area contributed by atoms with Gasteiger partial charge in [-0.25, -0.2) is 0 Å². The van der Waals surface area contributed by atoms with Gasteiger partial charge in [0.05, 0.1) is 13.2 Å². The number of thiophene rings is 1. The van der Waals surface area contributed by atoms with Crippen LogP contribution in [-0.4, -0.2) is 42.2 Å². The molecule has 1 aromatic rings. The SMILES string of the molecule is COc1ccsc1C(=O)N1CCC(C)C(O)C1. The van der Waals surface area contributed by atoms with E-state index >= 15 is 0 Å². The molecule has 1 N–H and O–H groups in total. The Bertz CT molecular complexity index is 404. The average molecular weight is 255 g/mol. The first-order valence-electron chi connectivity index (χ1n) is 5.72. The Morgan fingerprint density at radius 2 is 2.41 bits per heavy atom. The summed E-state index contributed by atoms with van der Waals surface area (Å²) < 4.78 is 5.15. The Morgan fingerprint density at radius 3 is 3.06 bits per heavy atom. The van der Waals surface area contributed by atoms with Crippen molar-refractivity contribution in [1.29, 1.82) is 0 Å². The van der Waals surface area contributed by atoms with Crippen LogP contribution in [-0.2, 0) is 0 Å². The lowest BCUT2D eigenvalue weighted by Gasteiger charge is -2.34. The normalized spacial score (nSPS) is 24.8. The maximum Gasteiger partial charge on any atom is 0.267 e. The van der Waals surface area contributed by atoms with Crippen LogP contribution < -0.4 is 4.74 Å². The summed E-state index contributed by atoms with van der Waals surface area (Å²) in [5, 5.41) is 11.6. The van der Waals surface area contributed by atoms with Crippen LogP contribution in [0.3, 0.4) is 0 Å². The minimum absolute atomic E-state index is 0.0391. The van der Waals surface area contributed by atoms with Crippen molar-refractivity contribution in [3.8, 4) is 5.75 Å². The van der Waals surface area contributed by atoms with E-state index in [9.17, 15) is 9.90 Å². The number of aliphatic hydroxyl groups excluding tert-OH is 1. The van der Waals surface area contributed by atoms with E-state index in [-0.39, 0.29) is 11.8 Å². The van der Waals surface area contributed by atoms with Crippen molar-refractivity contribution < 1.29 is 14.6 Å². The average Bonchev–Trinajstić information content (AvgIpc) is 2.80. The Balaban J connectivity index is 2.10. The molecule has 0 radical (unpaired) electrons. The molecule has 0 aromatic carbocycles. The molecule has 0 spiro atoms. The molecule has 94 valence electrons. The molecule has 1 saturated heterocycles. The van der Waals surface area contributed by atoms with Crippen LogP contribution in [0.15, 0.2) is 11.4 Å². The highest BCUT2D eigenvalue weighted by molar-refractivity contribution is 7.12. The molecule has 4 nitrogen and oxygen atoms in total. The third-order valence-corrected chi connectivity index (χ3v) is 4.13. The quantitative estimate of drug-likeness (QED) is 0.873. The molecule has 1 fully saturated rings. The van der Waals surface area contributed by atoms with Crippen molar-refractivity contribution in [1.82, 2.24) is 4.90 Å². The minimum Gasteiger partial charge on any atom is -0.495 e. The highest BCUT2D eigenvalue weighted by Gasteiger charge is 2.29. The molecule has 1 aliphatic rings. The van der Waals surface area contributed by atoms with Gasteiger partial charge < -0.3 is 14.7 Å². The van der Waals surface area contributed by atoms with Crippen LogP contribution >= 0.6 is 11.3 Å². The first-order valence-corrected chi connectivity index (χ1v) is 6.60. The predicted molar refractivity (Wildman–Crippen MR) is 66.6 cm³/mol. The summed E-state index contributed by atoms with van der Waals surface area (Å²) in [4.78, 5) is 14.6. The minimum atomic E-state index is -0.418. The van der Waals surface area contributed by atoms with Gasteiger partial charge in [-0.15, -0.1) is 11.3 Å². The zero-order chi connectivity index (χ0) is 12.4. The Labute approximate surface area is 105 Å². The third kappa shape index (κ3) is 2.45. The molecule has 2 atom stereocenters. The molecule has 17 heavy (non-hydrogen) atoms. The summed E-state index contributed by atoms with van der Waals surface area (Å²) in [7, 11) is 1.56. The van der Waals surface area contributed by atoms with E-state index in [0.29, 0.717) is 23.7 Å². The van der Waals surface area contributed by atoms with Crippen molar-refractivity contribution in [2.75, 3.05) is 20.2 Å². The molecule has 2 unspecified atom stereocenters. The van der Waals surface area contributed by atoms with E-state index in [1.54, 1.807) is 18.1 Å². The predicted octanol–water partition coefficient (Wildman–Crippen LogP) is 1.60. The number of β-amino-alcohol motifs (C(OH)–C–C–N with tert-alkyl or cyclic N) is 1. The van der Waals surface area contributed by atoms with Gasteiger partial charge in [-0.1, -0.05) is 6.92 Å². The maximum absolute atomic E-state index is 12.2. The van der Waals surface area contributed by atoms with Crippen LogP contribution in [0.2, 0.25) is 0 Å². The van der Waals surface area contributed by atoms with Gasteiger partial charge in [-0.05, 0) is 23.8 Å². The lowest BCUT2D eigenvalue weighted by Crippen LogP contribution is -2.45. The molecule has 0 saturated carbocycles. The maximum atomic E-state index is 12.2. The van der Waals surface area contributed by atoms with Crippen LogP contribution in [0.5, 0.6) is 5.75 Å². The molecular formula is C12H17NO3S. The number of methoxy groups -OCH3 is 1. The summed E-state index contributed by atoms with van der Waals surface area (Å²) in [5.41, 5.74) is 0. The number of piperidine rings is 1. The van der Waals surface area contributed by atoms with E-state index in [1.807, 2.05) is 12.3 Å². The zero-order valence-corrected chi connectivity index (χ0v) is 10.9. The largest absolute Gasteiger partial charge is 0.495 e. The van der Waals surface area contributed by atoms with Gasteiger partial charge in [-0.2, -0.15) is 0 Å². The molecular weight excluding hydrogens is 238 g/mol. The first-order chi connectivity index (χ1) is 8.13. The number of carbonyl (C=O) groups is 1. The number of hydrogen-bond acceptors (Lipinski definition) is 4. The molecule has 0 aliphatic carbocycles. The number of aliphatic hydroxyl groups is 1. The number of ether oxygens (including phenoxy) is 1. The summed E-state index contributed by atoms with van der Waals surface area (Å²) in [5.74, 6) is 0.847. The van der Waals surface area contributed by atoms with Gasteiger partial charge in [0.25, 0.3) is 5.91 Å². The summed E-state index contributed by atoms with van der Waals surface area (Å²) >= 11 is 1.38. The number of carbonyl (C=O) groups excluding carboxylic acids is 1. The standard InChI is InChI=1S/C12H17NO3S/c1-8-3-5-13(7-9(8)14)12(15)11-10(16-2)4-6-17-11/h4,6,8-9,14H,3,5,7H2,1-2H3. The summed E-state index contributed by atoms with van der Waals surface area (Å²) in [6, 6.07) is 1.79. The van der Waals surface area contributed by atoms with Gasteiger partial charge in [0.15, 0.2) is 0 Å². The Kier molecular flexibility index (Phi) is 3.69. The van der Waals surface area contributed by atoms with Gasteiger partial charge >= 0.3 is 0 Å². The fourth-order valence-corrected chi connectivity index (χ4v) is 2.82. The monoisotopic (exact) mass is 255 g/mol. The van der Waals surface area contributed by atoms with Crippen LogP contribution in [0.25, 0.3) is 0 Å². The second kappa shape index (κ2) is 5.06. The molecule has 2 rings (SSSR count). The molecule has 5 heteroatoms. The van der Waals surface area contributed by atoms with Gasteiger partial charge in [0, 0.05) is 13.1 Å². The van der Waals surface area contributed by atoms with E-state index < -0.39 is 6.10 Å². The number of amides is 1. The summed E-state index contributed by atoms with van der Waals surface area (Å²) in [6.45, 7) is 3.14. The second-order valence-corrected chi connectivity index (χ2v) is 5.32. The molecule has 2 heterocycles. The number of hydrogen-bond donors (Lipinski definition) is 1. The third-order valence-electron chi connectivity index (χ3n) is 3.25. The van der Waals surface area contributed by atoms with Crippen molar-refractivity contribution in [3.05, 3.63) is 16.3 Å². The van der Waals surface area contributed by atoms with Crippen molar-refractivity contribution in [3.63, 3.8) is 0 Å².